The maximum Gasteiger partial charge on any atom is 0.261 e. The van der Waals surface area contributed by atoms with E-state index in [1.807, 2.05) is 66.7 Å². The quantitative estimate of drug-likeness (QED) is 0.363. The monoisotopic (exact) mass is 366 g/mol. The molecule has 0 radical (unpaired) electrons. The minimum absolute atomic E-state index is 0.118. The zero-order valence-corrected chi connectivity index (χ0v) is 15.6. The van der Waals surface area contributed by atoms with Gasteiger partial charge < -0.3 is 5.32 Å². The van der Waals surface area contributed by atoms with Gasteiger partial charge >= 0.3 is 0 Å². The van der Waals surface area contributed by atoms with Crippen LogP contribution in [-0.2, 0) is 11.2 Å². The molecule has 0 unspecified atom stereocenters. The van der Waals surface area contributed by atoms with E-state index >= 15 is 0 Å². The van der Waals surface area contributed by atoms with Crippen LogP contribution in [0.4, 0.5) is 0 Å². The fourth-order valence-corrected chi connectivity index (χ4v) is 2.95. The van der Waals surface area contributed by atoms with E-state index < -0.39 is 0 Å². The van der Waals surface area contributed by atoms with Gasteiger partial charge in [0.1, 0.15) is 11.6 Å². The smallest absolute Gasteiger partial charge is 0.261 e. The van der Waals surface area contributed by atoms with Gasteiger partial charge in [-0.05, 0) is 41.2 Å². The molecule has 3 rings (SSSR count). The van der Waals surface area contributed by atoms with Crippen LogP contribution >= 0.6 is 0 Å². The van der Waals surface area contributed by atoms with Gasteiger partial charge in [-0.25, -0.2) is 0 Å². The molecule has 0 spiro atoms. The van der Waals surface area contributed by atoms with Crippen LogP contribution in [0.1, 0.15) is 17.5 Å². The Morgan fingerprint density at radius 3 is 2.11 bits per heavy atom. The molecular weight excluding hydrogens is 344 g/mol. The lowest BCUT2D eigenvalue weighted by Crippen LogP contribution is -2.25. The predicted molar refractivity (Wildman–Crippen MR) is 113 cm³/mol. The van der Waals surface area contributed by atoms with Crippen LogP contribution in [0.25, 0.3) is 17.2 Å². The zero-order valence-electron chi connectivity index (χ0n) is 15.6. The first-order valence-electron chi connectivity index (χ1n) is 9.35. The highest BCUT2D eigenvalue weighted by molar-refractivity contribution is 6.01. The van der Waals surface area contributed by atoms with Gasteiger partial charge in [-0.15, -0.1) is 0 Å². The Balaban J connectivity index is 1.56. The zero-order chi connectivity index (χ0) is 19.6. The van der Waals surface area contributed by atoms with Crippen LogP contribution in [-0.4, -0.2) is 12.5 Å². The Hall–Kier alpha value is -3.64. The van der Waals surface area contributed by atoms with Gasteiger partial charge in [-0.3, -0.25) is 4.79 Å². The van der Waals surface area contributed by atoms with Gasteiger partial charge in [-0.1, -0.05) is 84.9 Å². The average molecular weight is 366 g/mol. The predicted octanol–water partition coefficient (Wildman–Crippen LogP) is 5.01. The van der Waals surface area contributed by atoms with E-state index in [0.717, 1.165) is 29.5 Å². The van der Waals surface area contributed by atoms with E-state index in [1.54, 1.807) is 6.08 Å². The van der Waals surface area contributed by atoms with Crippen molar-refractivity contribution < 1.29 is 4.79 Å². The van der Waals surface area contributed by atoms with E-state index in [1.165, 1.54) is 5.56 Å². The number of hydrogen-bond acceptors (Lipinski definition) is 2. The lowest BCUT2D eigenvalue weighted by Gasteiger charge is -2.05. The van der Waals surface area contributed by atoms with Crippen molar-refractivity contribution in [2.24, 2.45) is 0 Å². The van der Waals surface area contributed by atoms with Gasteiger partial charge in [0.2, 0.25) is 0 Å². The number of nitrogens with zero attached hydrogens (tertiary/aromatic N) is 1. The normalized spacial score (nSPS) is 10.9. The fourth-order valence-electron chi connectivity index (χ4n) is 2.95. The second-order valence-corrected chi connectivity index (χ2v) is 6.50. The Labute approximate surface area is 166 Å². The molecule has 3 heteroatoms. The van der Waals surface area contributed by atoms with Crippen LogP contribution in [0.3, 0.4) is 0 Å². The fraction of sp³-hybridized carbons (Fsp3) is 0.120. The minimum atomic E-state index is -0.331. The van der Waals surface area contributed by atoms with E-state index in [2.05, 4.69) is 29.6 Å². The van der Waals surface area contributed by atoms with E-state index in [0.29, 0.717) is 6.54 Å². The number of hydrogen-bond donors (Lipinski definition) is 1. The SMILES string of the molecule is N#C/C(=C/c1ccc(-c2ccccc2)cc1)C(=O)NCCCc1ccccc1. The molecule has 3 aromatic rings. The third-order valence-corrected chi connectivity index (χ3v) is 4.46. The summed E-state index contributed by atoms with van der Waals surface area (Å²) < 4.78 is 0. The van der Waals surface area contributed by atoms with Crippen molar-refractivity contribution in [3.8, 4) is 17.2 Å². The lowest BCUT2D eigenvalue weighted by molar-refractivity contribution is -0.117. The summed E-state index contributed by atoms with van der Waals surface area (Å²) in [4.78, 5) is 12.3. The van der Waals surface area contributed by atoms with Crippen LogP contribution in [0.2, 0.25) is 0 Å². The van der Waals surface area contributed by atoms with Gasteiger partial charge in [0, 0.05) is 6.54 Å². The summed E-state index contributed by atoms with van der Waals surface area (Å²) in [5, 5.41) is 12.2. The van der Waals surface area contributed by atoms with Crippen molar-refractivity contribution in [3.05, 3.63) is 102 Å². The van der Waals surface area contributed by atoms with E-state index in [4.69, 9.17) is 0 Å². The lowest BCUT2D eigenvalue weighted by atomic mass is 10.0. The maximum absolute atomic E-state index is 12.3. The first-order valence-corrected chi connectivity index (χ1v) is 9.35. The number of nitriles is 1. The van der Waals surface area contributed by atoms with Gasteiger partial charge in [-0.2, -0.15) is 5.26 Å². The second kappa shape index (κ2) is 9.89. The molecule has 1 N–H and O–H groups in total. The summed E-state index contributed by atoms with van der Waals surface area (Å²) in [7, 11) is 0. The van der Waals surface area contributed by atoms with Crippen molar-refractivity contribution in [2.75, 3.05) is 6.54 Å². The van der Waals surface area contributed by atoms with Crippen molar-refractivity contribution in [1.82, 2.24) is 5.32 Å². The molecule has 0 aliphatic heterocycles. The van der Waals surface area contributed by atoms with Crippen LogP contribution in [0.5, 0.6) is 0 Å². The maximum atomic E-state index is 12.3. The van der Waals surface area contributed by atoms with Crippen molar-refractivity contribution in [3.63, 3.8) is 0 Å². The highest BCUT2D eigenvalue weighted by Crippen LogP contribution is 2.20. The molecule has 0 bridgehead atoms. The van der Waals surface area contributed by atoms with E-state index in [-0.39, 0.29) is 11.5 Å². The summed E-state index contributed by atoms with van der Waals surface area (Å²) in [5.41, 5.74) is 4.42. The number of amides is 1. The van der Waals surface area contributed by atoms with Crippen molar-refractivity contribution >= 4 is 12.0 Å². The number of nitrogens with one attached hydrogen (secondary N) is 1. The highest BCUT2D eigenvalue weighted by atomic mass is 16.1. The molecule has 0 aromatic heterocycles. The molecule has 0 fully saturated rings. The first kappa shape index (κ1) is 19.1. The molecule has 1 amide bonds. The first-order chi connectivity index (χ1) is 13.8. The molecule has 0 atom stereocenters. The summed E-state index contributed by atoms with van der Waals surface area (Å²) in [6, 6.07) is 30.1. The largest absolute Gasteiger partial charge is 0.351 e. The Kier molecular flexibility index (Phi) is 6.76. The molecule has 138 valence electrons. The molecule has 0 aliphatic carbocycles. The summed E-state index contributed by atoms with van der Waals surface area (Å²) in [6.07, 6.45) is 3.36. The molecule has 0 saturated heterocycles. The standard InChI is InChI=1S/C25H22N2O/c26-19-24(25(28)27-17-7-10-20-8-3-1-4-9-20)18-21-13-15-23(16-14-21)22-11-5-2-6-12-22/h1-6,8-9,11-16,18H,7,10,17H2,(H,27,28)/b24-18-. The number of aryl methyl sites for hydroxylation is 1. The summed E-state index contributed by atoms with van der Waals surface area (Å²) in [6.45, 7) is 0.541. The average Bonchev–Trinajstić information content (AvgIpc) is 2.76. The molecule has 3 aromatic carbocycles. The van der Waals surface area contributed by atoms with E-state index in [9.17, 15) is 10.1 Å². The third-order valence-electron chi connectivity index (χ3n) is 4.46. The molecular formula is C25H22N2O. The van der Waals surface area contributed by atoms with Crippen LogP contribution in [0.15, 0.2) is 90.5 Å². The second-order valence-electron chi connectivity index (χ2n) is 6.50. The highest BCUT2D eigenvalue weighted by Gasteiger charge is 2.08. The molecule has 0 saturated carbocycles. The molecule has 0 aliphatic rings. The van der Waals surface area contributed by atoms with Crippen molar-refractivity contribution in [1.29, 1.82) is 5.26 Å². The Bertz CT molecular complexity index is 969. The number of benzene rings is 3. The number of carbonyl (C=O) groups excluding carboxylic acids is 1. The minimum Gasteiger partial charge on any atom is -0.351 e. The van der Waals surface area contributed by atoms with Crippen LogP contribution < -0.4 is 5.32 Å². The Morgan fingerprint density at radius 1 is 0.857 bits per heavy atom. The molecule has 0 heterocycles. The van der Waals surface area contributed by atoms with Crippen LogP contribution in [0, 0.1) is 11.3 Å². The van der Waals surface area contributed by atoms with Gasteiger partial charge in [0.15, 0.2) is 0 Å². The molecule has 28 heavy (non-hydrogen) atoms. The number of rotatable bonds is 7. The summed E-state index contributed by atoms with van der Waals surface area (Å²) >= 11 is 0. The molecule has 3 nitrogen and oxygen atoms in total. The van der Waals surface area contributed by atoms with Gasteiger partial charge in [0.25, 0.3) is 5.91 Å². The summed E-state index contributed by atoms with van der Waals surface area (Å²) in [5.74, 6) is -0.331. The third kappa shape index (κ3) is 5.43. The van der Waals surface area contributed by atoms with Gasteiger partial charge in [0.05, 0.1) is 0 Å². The number of carbonyl (C=O) groups is 1. The van der Waals surface area contributed by atoms with Crippen molar-refractivity contribution in [2.45, 2.75) is 12.8 Å². The Morgan fingerprint density at radius 2 is 1.46 bits per heavy atom. The topological polar surface area (TPSA) is 52.9 Å².